The van der Waals surface area contributed by atoms with Crippen LogP contribution in [0.4, 0.5) is 18.9 Å². The molecule has 6 nitrogen and oxygen atoms in total. The number of hydrogen-bond donors (Lipinski definition) is 2. The molecule has 10 heteroatoms. The summed E-state index contributed by atoms with van der Waals surface area (Å²) in [5, 5.41) is 10.9. The smallest absolute Gasteiger partial charge is 0.443 e. The molecular weight excluding hydrogens is 361 g/mol. The molecule has 1 amide bonds. The minimum atomic E-state index is -4.58. The van der Waals surface area contributed by atoms with E-state index in [-0.39, 0.29) is 18.7 Å². The van der Waals surface area contributed by atoms with Gasteiger partial charge in [-0.2, -0.15) is 13.2 Å². The van der Waals surface area contributed by atoms with Crippen LogP contribution >= 0.6 is 11.3 Å². The predicted molar refractivity (Wildman–Crippen MR) is 83.9 cm³/mol. The van der Waals surface area contributed by atoms with Crippen molar-refractivity contribution in [2.45, 2.75) is 19.0 Å². The highest BCUT2D eigenvalue weighted by Crippen LogP contribution is 2.31. The summed E-state index contributed by atoms with van der Waals surface area (Å²) in [6.45, 7) is 0.233. The van der Waals surface area contributed by atoms with Crippen molar-refractivity contribution in [3.8, 4) is 5.75 Å². The summed E-state index contributed by atoms with van der Waals surface area (Å²) < 4.78 is 42.8. The lowest BCUT2D eigenvalue weighted by atomic mass is 10.3. The van der Waals surface area contributed by atoms with Gasteiger partial charge in [0.05, 0.1) is 6.61 Å². The highest BCUT2D eigenvalue weighted by molar-refractivity contribution is 7.10. The van der Waals surface area contributed by atoms with E-state index in [1.165, 1.54) is 12.1 Å². The topological polar surface area (TPSA) is 88.5 Å². The van der Waals surface area contributed by atoms with E-state index in [0.29, 0.717) is 29.2 Å². The van der Waals surface area contributed by atoms with Gasteiger partial charge in [0, 0.05) is 17.5 Å². The molecule has 2 rings (SSSR count). The monoisotopic (exact) mass is 374 g/mol. The SMILES string of the molecule is O=C(O)CCCOc1ccc(NC(=O)c2csc(C(F)(F)F)n2)cc1. The Morgan fingerprint density at radius 2 is 1.92 bits per heavy atom. The van der Waals surface area contributed by atoms with Crippen LogP contribution < -0.4 is 10.1 Å². The number of nitrogens with one attached hydrogen (secondary N) is 1. The van der Waals surface area contributed by atoms with Gasteiger partial charge in [-0.25, -0.2) is 4.98 Å². The quantitative estimate of drug-likeness (QED) is 0.722. The molecule has 0 aliphatic heterocycles. The number of halogens is 3. The number of aliphatic carboxylic acids is 1. The van der Waals surface area contributed by atoms with Crippen LogP contribution in [-0.2, 0) is 11.0 Å². The van der Waals surface area contributed by atoms with Gasteiger partial charge in [0.1, 0.15) is 11.4 Å². The largest absolute Gasteiger partial charge is 0.494 e. The zero-order valence-electron chi connectivity index (χ0n) is 12.7. The molecule has 1 aromatic heterocycles. The summed E-state index contributed by atoms with van der Waals surface area (Å²) in [5.41, 5.74) is 0.0516. The molecule has 134 valence electrons. The molecule has 0 bridgehead atoms. The minimum absolute atomic E-state index is 0.00168. The number of aromatic nitrogens is 1. The van der Waals surface area contributed by atoms with Crippen LogP contribution in [0.3, 0.4) is 0 Å². The third kappa shape index (κ3) is 5.75. The first-order valence-electron chi connectivity index (χ1n) is 7.04. The first-order valence-corrected chi connectivity index (χ1v) is 7.92. The second kappa shape index (κ2) is 7.97. The zero-order valence-corrected chi connectivity index (χ0v) is 13.5. The summed E-state index contributed by atoms with van der Waals surface area (Å²) >= 11 is 0.352. The summed E-state index contributed by atoms with van der Waals surface area (Å²) in [6.07, 6.45) is -4.22. The molecule has 0 saturated heterocycles. The molecule has 0 atom stereocenters. The summed E-state index contributed by atoms with van der Waals surface area (Å²) in [4.78, 5) is 25.5. The van der Waals surface area contributed by atoms with Crippen molar-refractivity contribution in [2.75, 3.05) is 11.9 Å². The van der Waals surface area contributed by atoms with Gasteiger partial charge in [0.25, 0.3) is 5.91 Å². The molecule has 0 spiro atoms. The number of hydrogen-bond acceptors (Lipinski definition) is 5. The fraction of sp³-hybridized carbons (Fsp3) is 0.267. The van der Waals surface area contributed by atoms with Crippen molar-refractivity contribution in [3.05, 3.63) is 40.3 Å². The third-order valence-electron chi connectivity index (χ3n) is 2.90. The zero-order chi connectivity index (χ0) is 18.4. The lowest BCUT2D eigenvalue weighted by Crippen LogP contribution is -2.13. The van der Waals surface area contributed by atoms with Gasteiger partial charge in [0.2, 0.25) is 0 Å². The highest BCUT2D eigenvalue weighted by Gasteiger charge is 2.35. The number of carbonyl (C=O) groups is 2. The second-order valence-corrected chi connectivity index (χ2v) is 5.72. The van der Waals surface area contributed by atoms with E-state index < -0.39 is 23.1 Å². The maximum atomic E-state index is 12.5. The van der Waals surface area contributed by atoms with E-state index in [4.69, 9.17) is 9.84 Å². The van der Waals surface area contributed by atoms with Crippen LogP contribution in [-0.4, -0.2) is 28.6 Å². The highest BCUT2D eigenvalue weighted by atomic mass is 32.1. The predicted octanol–water partition coefficient (Wildman–Crippen LogP) is 3.66. The maximum absolute atomic E-state index is 12.5. The Morgan fingerprint density at radius 1 is 1.24 bits per heavy atom. The number of nitrogens with zero attached hydrogens (tertiary/aromatic N) is 1. The lowest BCUT2D eigenvalue weighted by Gasteiger charge is -2.07. The van der Waals surface area contributed by atoms with Crippen LogP contribution in [0.1, 0.15) is 28.3 Å². The number of carbonyl (C=O) groups excluding carboxylic acids is 1. The van der Waals surface area contributed by atoms with Gasteiger partial charge in [-0.1, -0.05) is 0 Å². The van der Waals surface area contributed by atoms with Crippen molar-refractivity contribution < 1.29 is 32.6 Å². The maximum Gasteiger partial charge on any atom is 0.443 e. The van der Waals surface area contributed by atoms with E-state index in [1.54, 1.807) is 12.1 Å². The van der Waals surface area contributed by atoms with Crippen LogP contribution in [0, 0.1) is 0 Å². The molecule has 25 heavy (non-hydrogen) atoms. The summed E-state index contributed by atoms with van der Waals surface area (Å²) in [7, 11) is 0. The summed E-state index contributed by atoms with van der Waals surface area (Å²) in [6, 6.07) is 6.14. The van der Waals surface area contributed by atoms with Crippen molar-refractivity contribution in [1.29, 1.82) is 0 Å². The van der Waals surface area contributed by atoms with Crippen molar-refractivity contribution >= 4 is 28.9 Å². The molecule has 0 aliphatic rings. The van der Waals surface area contributed by atoms with Gasteiger partial charge in [-0.15, -0.1) is 11.3 Å². The molecule has 0 aliphatic carbocycles. The van der Waals surface area contributed by atoms with Gasteiger partial charge in [-0.3, -0.25) is 9.59 Å². The van der Waals surface area contributed by atoms with Gasteiger partial charge < -0.3 is 15.2 Å². The normalized spacial score (nSPS) is 11.2. The molecule has 0 radical (unpaired) electrons. The molecule has 0 saturated carbocycles. The number of amides is 1. The van der Waals surface area contributed by atoms with Crippen molar-refractivity contribution in [3.63, 3.8) is 0 Å². The Labute approximate surface area is 144 Å². The van der Waals surface area contributed by atoms with Crippen LogP contribution in [0.5, 0.6) is 5.75 Å². The Hall–Kier alpha value is -2.62. The van der Waals surface area contributed by atoms with Crippen LogP contribution in [0.25, 0.3) is 0 Å². The van der Waals surface area contributed by atoms with E-state index in [2.05, 4.69) is 10.3 Å². The first kappa shape index (κ1) is 18.7. The van der Waals surface area contributed by atoms with Crippen molar-refractivity contribution in [2.24, 2.45) is 0 Å². The number of benzene rings is 1. The van der Waals surface area contributed by atoms with Crippen molar-refractivity contribution in [1.82, 2.24) is 4.98 Å². The molecular formula is C15H13F3N2O4S. The number of thiazole rings is 1. The number of carboxylic acids is 1. The molecule has 1 heterocycles. The standard InChI is InChI=1S/C15H13F3N2O4S/c16-15(17,18)14-20-11(8-25-14)13(23)19-9-3-5-10(6-4-9)24-7-1-2-12(21)22/h3-6,8H,1-2,7H2,(H,19,23)(H,21,22). The van der Waals surface area contributed by atoms with Crippen LogP contribution in [0.2, 0.25) is 0 Å². The van der Waals surface area contributed by atoms with Gasteiger partial charge >= 0.3 is 12.1 Å². The van der Waals surface area contributed by atoms with E-state index in [0.717, 1.165) is 5.38 Å². The molecule has 0 fully saturated rings. The Kier molecular flexibility index (Phi) is 5.97. The third-order valence-corrected chi connectivity index (χ3v) is 3.78. The molecule has 2 N–H and O–H groups in total. The van der Waals surface area contributed by atoms with Gasteiger partial charge in [-0.05, 0) is 30.7 Å². The number of rotatable bonds is 7. The number of ether oxygens (including phenoxy) is 1. The Balaban J connectivity index is 1.89. The molecule has 0 unspecified atom stereocenters. The van der Waals surface area contributed by atoms with E-state index in [9.17, 15) is 22.8 Å². The second-order valence-electron chi connectivity index (χ2n) is 4.86. The first-order chi connectivity index (χ1) is 11.8. The fourth-order valence-corrected chi connectivity index (χ4v) is 2.42. The number of anilines is 1. The molecule has 1 aromatic carbocycles. The van der Waals surface area contributed by atoms with E-state index in [1.807, 2.05) is 0 Å². The Morgan fingerprint density at radius 3 is 2.48 bits per heavy atom. The summed E-state index contributed by atoms with van der Waals surface area (Å²) in [5.74, 6) is -1.17. The van der Waals surface area contributed by atoms with E-state index >= 15 is 0 Å². The average molecular weight is 374 g/mol. The fourth-order valence-electron chi connectivity index (χ4n) is 1.75. The van der Waals surface area contributed by atoms with Crippen LogP contribution in [0.15, 0.2) is 29.6 Å². The molecule has 2 aromatic rings. The average Bonchev–Trinajstić information content (AvgIpc) is 3.03. The number of alkyl halides is 3. The van der Waals surface area contributed by atoms with Gasteiger partial charge in [0.15, 0.2) is 5.01 Å². The minimum Gasteiger partial charge on any atom is -0.494 e. The number of carboxylic acid groups (broad SMARTS) is 1. The lowest BCUT2D eigenvalue weighted by molar-refractivity contribution is -0.138. The Bertz CT molecular complexity index is 744.